The second kappa shape index (κ2) is 7.35. The van der Waals surface area contributed by atoms with Crippen LogP contribution in [0.5, 0.6) is 0 Å². The Kier molecular flexibility index (Phi) is 5.17. The lowest BCUT2D eigenvalue weighted by molar-refractivity contribution is -0.142. The Balaban J connectivity index is 1.78. The zero-order valence-electron chi connectivity index (χ0n) is 14.4. The van der Waals surface area contributed by atoms with Gasteiger partial charge in [-0.3, -0.25) is 14.3 Å². The predicted octanol–water partition coefficient (Wildman–Crippen LogP) is 2.62. The van der Waals surface area contributed by atoms with Gasteiger partial charge in [0.25, 0.3) is 5.91 Å². The van der Waals surface area contributed by atoms with E-state index in [0.29, 0.717) is 23.4 Å². The molecule has 25 heavy (non-hydrogen) atoms. The highest BCUT2D eigenvalue weighted by atomic mass is 32.1. The Morgan fingerprint density at radius 2 is 2.08 bits per heavy atom. The molecule has 8 heteroatoms. The minimum Gasteiger partial charge on any atom is -0.481 e. The van der Waals surface area contributed by atoms with Gasteiger partial charge in [0, 0.05) is 24.8 Å². The summed E-state index contributed by atoms with van der Waals surface area (Å²) in [5, 5.41) is 17.3. The standard InChI is InChI=1S/C17H22N4O3S/c1-10-14(25-16(19-10)11-8-18-21(2)9-11)15(22)20-13-7-5-3-4-6-12(13)17(23)24/h8-9,12-13H,3-7H2,1-2H3,(H,20,22)(H,23,24)/t12-,13+/m1/s1. The molecule has 1 fully saturated rings. The van der Waals surface area contributed by atoms with E-state index >= 15 is 0 Å². The van der Waals surface area contributed by atoms with Crippen LogP contribution in [0.25, 0.3) is 10.6 Å². The molecule has 0 radical (unpaired) electrons. The zero-order chi connectivity index (χ0) is 18.0. The van der Waals surface area contributed by atoms with Gasteiger partial charge in [-0.2, -0.15) is 5.10 Å². The topological polar surface area (TPSA) is 97.1 Å². The van der Waals surface area contributed by atoms with Crippen molar-refractivity contribution in [1.29, 1.82) is 0 Å². The number of aryl methyl sites for hydroxylation is 2. The number of aliphatic carboxylic acids is 1. The van der Waals surface area contributed by atoms with Crippen molar-refractivity contribution in [2.45, 2.75) is 45.1 Å². The number of nitrogens with one attached hydrogen (secondary N) is 1. The summed E-state index contributed by atoms with van der Waals surface area (Å²) in [4.78, 5) is 29.2. The third-order valence-electron chi connectivity index (χ3n) is 4.60. The number of thiazole rings is 1. The summed E-state index contributed by atoms with van der Waals surface area (Å²) in [5.41, 5.74) is 1.52. The Labute approximate surface area is 150 Å². The molecule has 0 aromatic carbocycles. The van der Waals surface area contributed by atoms with Crippen LogP contribution in [0.15, 0.2) is 12.4 Å². The van der Waals surface area contributed by atoms with E-state index in [2.05, 4.69) is 15.4 Å². The summed E-state index contributed by atoms with van der Waals surface area (Å²) >= 11 is 1.31. The molecule has 0 aliphatic heterocycles. The van der Waals surface area contributed by atoms with E-state index in [4.69, 9.17) is 0 Å². The SMILES string of the molecule is Cc1nc(-c2cnn(C)c2)sc1C(=O)N[C@H]1CCCCC[C@H]1C(=O)O. The van der Waals surface area contributed by atoms with E-state index in [1.165, 1.54) is 11.3 Å². The van der Waals surface area contributed by atoms with Crippen molar-refractivity contribution in [3.05, 3.63) is 23.0 Å². The highest BCUT2D eigenvalue weighted by Crippen LogP contribution is 2.29. The number of carboxylic acids is 1. The van der Waals surface area contributed by atoms with Crippen LogP contribution in [-0.4, -0.2) is 37.8 Å². The molecular formula is C17H22N4O3S. The molecule has 2 heterocycles. The summed E-state index contributed by atoms with van der Waals surface area (Å²) in [6, 6.07) is -0.323. The van der Waals surface area contributed by atoms with E-state index in [1.807, 2.05) is 13.2 Å². The predicted molar refractivity (Wildman–Crippen MR) is 94.5 cm³/mol. The third-order valence-corrected chi connectivity index (χ3v) is 5.81. The van der Waals surface area contributed by atoms with Crippen molar-refractivity contribution in [1.82, 2.24) is 20.1 Å². The van der Waals surface area contributed by atoms with Gasteiger partial charge in [-0.05, 0) is 19.8 Å². The molecule has 1 aliphatic carbocycles. The zero-order valence-corrected chi connectivity index (χ0v) is 15.2. The first-order valence-corrected chi connectivity index (χ1v) is 9.27. The normalized spacial score (nSPS) is 20.9. The molecule has 1 amide bonds. The quantitative estimate of drug-likeness (QED) is 0.815. The molecule has 3 rings (SSSR count). The van der Waals surface area contributed by atoms with Crippen LogP contribution in [0.4, 0.5) is 0 Å². The second-order valence-electron chi connectivity index (χ2n) is 6.50. The van der Waals surface area contributed by atoms with Crippen LogP contribution in [0, 0.1) is 12.8 Å². The van der Waals surface area contributed by atoms with Gasteiger partial charge in [-0.25, -0.2) is 4.98 Å². The lowest BCUT2D eigenvalue weighted by Crippen LogP contribution is -2.42. The maximum absolute atomic E-state index is 12.7. The molecule has 1 aliphatic rings. The first-order chi connectivity index (χ1) is 12.0. The van der Waals surface area contributed by atoms with Crippen molar-refractivity contribution < 1.29 is 14.7 Å². The molecule has 2 aromatic rings. The average Bonchev–Trinajstić information content (AvgIpc) is 3.07. The lowest BCUT2D eigenvalue weighted by Gasteiger charge is -2.22. The first kappa shape index (κ1) is 17.6. The van der Waals surface area contributed by atoms with Gasteiger partial charge in [0.1, 0.15) is 9.88 Å². The summed E-state index contributed by atoms with van der Waals surface area (Å²) in [6.45, 7) is 1.80. The maximum atomic E-state index is 12.7. The second-order valence-corrected chi connectivity index (χ2v) is 7.50. The molecule has 2 aromatic heterocycles. The third kappa shape index (κ3) is 3.89. The fourth-order valence-electron chi connectivity index (χ4n) is 3.27. The van der Waals surface area contributed by atoms with Crippen LogP contribution in [0.2, 0.25) is 0 Å². The van der Waals surface area contributed by atoms with E-state index in [-0.39, 0.29) is 11.9 Å². The van der Waals surface area contributed by atoms with Crippen LogP contribution in [0.3, 0.4) is 0 Å². The Hall–Kier alpha value is -2.22. The number of rotatable bonds is 4. The smallest absolute Gasteiger partial charge is 0.308 e. The number of nitrogens with zero attached hydrogens (tertiary/aromatic N) is 3. The fraction of sp³-hybridized carbons (Fsp3) is 0.529. The van der Waals surface area contributed by atoms with Gasteiger partial charge < -0.3 is 10.4 Å². The van der Waals surface area contributed by atoms with Gasteiger partial charge in [0.2, 0.25) is 0 Å². The maximum Gasteiger partial charge on any atom is 0.308 e. The van der Waals surface area contributed by atoms with Crippen molar-refractivity contribution >= 4 is 23.2 Å². The summed E-state index contributed by atoms with van der Waals surface area (Å²) in [7, 11) is 1.83. The number of carbonyl (C=O) groups is 2. The van der Waals surface area contributed by atoms with E-state index in [1.54, 1.807) is 17.8 Å². The van der Waals surface area contributed by atoms with Crippen molar-refractivity contribution in [3.63, 3.8) is 0 Å². The summed E-state index contributed by atoms with van der Waals surface area (Å²) < 4.78 is 1.69. The Morgan fingerprint density at radius 1 is 1.32 bits per heavy atom. The van der Waals surface area contributed by atoms with Crippen LogP contribution >= 0.6 is 11.3 Å². The van der Waals surface area contributed by atoms with Gasteiger partial charge in [0.15, 0.2) is 0 Å². The molecular weight excluding hydrogens is 340 g/mol. The number of hydrogen-bond donors (Lipinski definition) is 2. The molecule has 1 saturated carbocycles. The van der Waals surface area contributed by atoms with E-state index in [9.17, 15) is 14.7 Å². The number of carbonyl (C=O) groups excluding carboxylic acids is 1. The van der Waals surface area contributed by atoms with Crippen molar-refractivity contribution in [3.8, 4) is 10.6 Å². The van der Waals surface area contributed by atoms with Gasteiger partial charge >= 0.3 is 5.97 Å². The van der Waals surface area contributed by atoms with E-state index in [0.717, 1.165) is 29.8 Å². The minimum atomic E-state index is -0.829. The molecule has 2 N–H and O–H groups in total. The highest BCUT2D eigenvalue weighted by Gasteiger charge is 2.31. The number of aromatic nitrogens is 3. The highest BCUT2D eigenvalue weighted by molar-refractivity contribution is 7.17. The average molecular weight is 362 g/mol. The number of amides is 1. The van der Waals surface area contributed by atoms with E-state index < -0.39 is 11.9 Å². The van der Waals surface area contributed by atoms with Crippen LogP contribution in [-0.2, 0) is 11.8 Å². The van der Waals surface area contributed by atoms with Gasteiger partial charge in [-0.15, -0.1) is 11.3 Å². The first-order valence-electron chi connectivity index (χ1n) is 8.46. The largest absolute Gasteiger partial charge is 0.481 e. The summed E-state index contributed by atoms with van der Waals surface area (Å²) in [5.74, 6) is -1.58. The molecule has 134 valence electrons. The van der Waals surface area contributed by atoms with Crippen LogP contribution in [0.1, 0.15) is 47.5 Å². The van der Waals surface area contributed by atoms with Gasteiger partial charge in [0.05, 0.1) is 17.8 Å². The molecule has 2 atom stereocenters. The molecule has 0 unspecified atom stereocenters. The fourth-order valence-corrected chi connectivity index (χ4v) is 4.22. The molecule has 0 bridgehead atoms. The number of carboxylic acid groups (broad SMARTS) is 1. The number of hydrogen-bond acceptors (Lipinski definition) is 5. The van der Waals surface area contributed by atoms with Crippen molar-refractivity contribution in [2.24, 2.45) is 13.0 Å². The molecule has 0 spiro atoms. The summed E-state index contributed by atoms with van der Waals surface area (Å²) in [6.07, 6.45) is 7.74. The van der Waals surface area contributed by atoms with Crippen molar-refractivity contribution in [2.75, 3.05) is 0 Å². The Bertz CT molecular complexity index is 783. The minimum absolute atomic E-state index is 0.233. The monoisotopic (exact) mass is 362 g/mol. The Morgan fingerprint density at radius 3 is 2.76 bits per heavy atom. The molecule has 7 nitrogen and oxygen atoms in total. The van der Waals surface area contributed by atoms with Crippen LogP contribution < -0.4 is 5.32 Å². The van der Waals surface area contributed by atoms with Gasteiger partial charge in [-0.1, -0.05) is 19.3 Å². The molecule has 0 saturated heterocycles. The lowest BCUT2D eigenvalue weighted by atomic mass is 9.95.